The lowest BCUT2D eigenvalue weighted by atomic mass is 9.97. The summed E-state index contributed by atoms with van der Waals surface area (Å²) in [4.78, 5) is 38.4. The van der Waals surface area contributed by atoms with Crippen LogP contribution in [0.15, 0.2) is 24.3 Å². The largest absolute Gasteiger partial charge is 0.444 e. The molecule has 1 aliphatic rings. The van der Waals surface area contributed by atoms with Gasteiger partial charge in [-0.3, -0.25) is 14.5 Å². The molecule has 0 saturated carbocycles. The van der Waals surface area contributed by atoms with Gasteiger partial charge < -0.3 is 20.7 Å². The minimum Gasteiger partial charge on any atom is -0.444 e. The number of carbonyl (C=O) groups excluding carboxylic acids is 3. The molecule has 0 bridgehead atoms. The maximum Gasteiger partial charge on any atom is 0.407 e. The highest BCUT2D eigenvalue weighted by atomic mass is 16.6. The molecule has 0 radical (unpaired) electrons. The Hall–Kier alpha value is -3.12. The standard InChI is InChI=1S/C22H31N5O4/c1-22(2,3)31-21(30)25-10-9-24-20(29)17-7-5-11-27(14-17)15-19(28)26-18-8-4-6-16(12-18)13-23/h4,6,8,12,17H,5,7,9-11,14-15H2,1-3H3,(H,24,29)(H,25,30)(H,26,28). The number of amides is 3. The first kappa shape index (κ1) is 24.2. The molecule has 0 aliphatic carbocycles. The molecule has 9 heteroatoms. The molecule has 9 nitrogen and oxygen atoms in total. The van der Waals surface area contributed by atoms with E-state index in [1.165, 1.54) is 0 Å². The van der Waals surface area contributed by atoms with Gasteiger partial charge in [-0.05, 0) is 58.4 Å². The summed E-state index contributed by atoms with van der Waals surface area (Å²) in [6, 6.07) is 8.78. The summed E-state index contributed by atoms with van der Waals surface area (Å²) in [5, 5.41) is 17.2. The van der Waals surface area contributed by atoms with Gasteiger partial charge in [0.05, 0.1) is 24.1 Å². The molecule has 1 heterocycles. The molecular weight excluding hydrogens is 398 g/mol. The second kappa shape index (κ2) is 11.3. The van der Waals surface area contributed by atoms with Gasteiger partial charge in [0.15, 0.2) is 0 Å². The number of alkyl carbamates (subject to hydrolysis) is 1. The van der Waals surface area contributed by atoms with Gasteiger partial charge in [-0.2, -0.15) is 5.26 Å². The van der Waals surface area contributed by atoms with Crippen molar-refractivity contribution in [1.82, 2.24) is 15.5 Å². The van der Waals surface area contributed by atoms with Crippen LogP contribution in [-0.4, -0.2) is 61.1 Å². The van der Waals surface area contributed by atoms with Crippen molar-refractivity contribution < 1.29 is 19.1 Å². The third kappa shape index (κ3) is 9.05. The van der Waals surface area contributed by atoms with E-state index >= 15 is 0 Å². The predicted molar refractivity (Wildman–Crippen MR) is 116 cm³/mol. The fourth-order valence-corrected chi connectivity index (χ4v) is 3.29. The third-order valence-corrected chi connectivity index (χ3v) is 4.61. The Morgan fingerprint density at radius 1 is 1.23 bits per heavy atom. The summed E-state index contributed by atoms with van der Waals surface area (Å²) in [5.41, 5.74) is 0.491. The van der Waals surface area contributed by atoms with E-state index in [1.54, 1.807) is 45.0 Å². The fraction of sp³-hybridized carbons (Fsp3) is 0.545. The minimum atomic E-state index is -0.566. The molecule has 31 heavy (non-hydrogen) atoms. The SMILES string of the molecule is CC(C)(C)OC(=O)NCCNC(=O)C1CCCN(CC(=O)Nc2cccc(C#N)c2)C1. The monoisotopic (exact) mass is 429 g/mol. The number of piperidine rings is 1. The Bertz CT molecular complexity index is 828. The number of hydrogen-bond donors (Lipinski definition) is 3. The van der Waals surface area contributed by atoms with Gasteiger partial charge in [0.2, 0.25) is 11.8 Å². The number of nitriles is 1. The van der Waals surface area contributed by atoms with Gasteiger partial charge >= 0.3 is 6.09 Å². The van der Waals surface area contributed by atoms with Crippen LogP contribution in [0.2, 0.25) is 0 Å². The molecule has 1 aromatic rings. The van der Waals surface area contributed by atoms with Crippen molar-refractivity contribution in [3.05, 3.63) is 29.8 Å². The summed E-state index contributed by atoms with van der Waals surface area (Å²) in [6.07, 6.45) is 1.07. The average Bonchev–Trinajstić information content (AvgIpc) is 2.70. The van der Waals surface area contributed by atoms with Crippen molar-refractivity contribution in [2.24, 2.45) is 5.92 Å². The van der Waals surface area contributed by atoms with E-state index in [-0.39, 0.29) is 30.8 Å². The zero-order valence-electron chi connectivity index (χ0n) is 18.4. The van der Waals surface area contributed by atoms with Crippen LogP contribution in [0.1, 0.15) is 39.2 Å². The van der Waals surface area contributed by atoms with Crippen molar-refractivity contribution in [2.45, 2.75) is 39.2 Å². The van der Waals surface area contributed by atoms with E-state index in [0.29, 0.717) is 24.3 Å². The fourth-order valence-electron chi connectivity index (χ4n) is 3.29. The van der Waals surface area contributed by atoms with Crippen LogP contribution in [0.4, 0.5) is 10.5 Å². The van der Waals surface area contributed by atoms with Crippen LogP contribution in [0.3, 0.4) is 0 Å². The van der Waals surface area contributed by atoms with E-state index in [1.807, 2.05) is 11.0 Å². The number of nitrogens with one attached hydrogen (secondary N) is 3. The van der Waals surface area contributed by atoms with Crippen LogP contribution in [0.5, 0.6) is 0 Å². The van der Waals surface area contributed by atoms with Gasteiger partial charge in [-0.25, -0.2) is 4.79 Å². The Morgan fingerprint density at radius 2 is 1.97 bits per heavy atom. The highest BCUT2D eigenvalue weighted by Crippen LogP contribution is 2.17. The number of nitrogens with zero attached hydrogens (tertiary/aromatic N) is 2. The normalized spacial score (nSPS) is 16.6. The van der Waals surface area contributed by atoms with Crippen LogP contribution in [-0.2, 0) is 14.3 Å². The van der Waals surface area contributed by atoms with Crippen LogP contribution >= 0.6 is 0 Å². The van der Waals surface area contributed by atoms with E-state index < -0.39 is 11.7 Å². The molecule has 1 unspecified atom stereocenters. The minimum absolute atomic E-state index is 0.0854. The molecule has 2 rings (SSSR count). The molecule has 0 spiro atoms. The summed E-state index contributed by atoms with van der Waals surface area (Å²) < 4.78 is 5.14. The third-order valence-electron chi connectivity index (χ3n) is 4.61. The van der Waals surface area contributed by atoms with E-state index in [4.69, 9.17) is 10.00 Å². The quantitative estimate of drug-likeness (QED) is 0.569. The van der Waals surface area contributed by atoms with Crippen LogP contribution in [0.25, 0.3) is 0 Å². The smallest absolute Gasteiger partial charge is 0.407 e. The molecule has 1 saturated heterocycles. The Kier molecular flexibility index (Phi) is 8.82. The molecule has 3 N–H and O–H groups in total. The molecule has 168 valence electrons. The van der Waals surface area contributed by atoms with Crippen molar-refractivity contribution >= 4 is 23.6 Å². The Labute approximate surface area is 183 Å². The molecule has 0 aromatic heterocycles. The number of likely N-dealkylation sites (tertiary alicyclic amines) is 1. The maximum absolute atomic E-state index is 12.5. The lowest BCUT2D eigenvalue weighted by Gasteiger charge is -2.31. The van der Waals surface area contributed by atoms with Gasteiger partial charge in [0.25, 0.3) is 0 Å². The Morgan fingerprint density at radius 3 is 2.68 bits per heavy atom. The lowest BCUT2D eigenvalue weighted by Crippen LogP contribution is -2.46. The van der Waals surface area contributed by atoms with Crippen molar-refractivity contribution in [3.8, 4) is 6.07 Å². The van der Waals surface area contributed by atoms with Gasteiger partial charge in [0.1, 0.15) is 5.60 Å². The zero-order valence-corrected chi connectivity index (χ0v) is 18.4. The first-order valence-electron chi connectivity index (χ1n) is 10.4. The predicted octanol–water partition coefficient (Wildman–Crippen LogP) is 1.85. The van der Waals surface area contributed by atoms with Crippen LogP contribution in [0, 0.1) is 17.2 Å². The van der Waals surface area contributed by atoms with E-state index in [0.717, 1.165) is 19.4 Å². The number of anilines is 1. The van der Waals surface area contributed by atoms with Crippen molar-refractivity contribution in [2.75, 3.05) is 38.0 Å². The number of ether oxygens (including phenoxy) is 1. The highest BCUT2D eigenvalue weighted by molar-refractivity contribution is 5.92. The molecule has 1 fully saturated rings. The molecule has 1 atom stereocenters. The Balaban J connectivity index is 1.72. The second-order valence-electron chi connectivity index (χ2n) is 8.53. The number of hydrogen-bond acceptors (Lipinski definition) is 6. The van der Waals surface area contributed by atoms with Gasteiger partial charge in [-0.1, -0.05) is 6.07 Å². The maximum atomic E-state index is 12.5. The molecule has 3 amide bonds. The van der Waals surface area contributed by atoms with Crippen molar-refractivity contribution in [3.63, 3.8) is 0 Å². The zero-order chi connectivity index (χ0) is 22.9. The number of carbonyl (C=O) groups is 3. The summed E-state index contributed by atoms with van der Waals surface area (Å²) in [7, 11) is 0. The molecule has 1 aliphatic heterocycles. The first-order valence-corrected chi connectivity index (χ1v) is 10.4. The summed E-state index contributed by atoms with van der Waals surface area (Å²) in [5.74, 6) is -0.472. The summed E-state index contributed by atoms with van der Waals surface area (Å²) in [6.45, 7) is 7.37. The first-order chi connectivity index (χ1) is 14.7. The number of rotatable bonds is 7. The van der Waals surface area contributed by atoms with Gasteiger partial charge in [0, 0.05) is 25.3 Å². The lowest BCUT2D eigenvalue weighted by molar-refractivity contribution is -0.127. The van der Waals surface area contributed by atoms with E-state index in [9.17, 15) is 14.4 Å². The summed E-state index contributed by atoms with van der Waals surface area (Å²) >= 11 is 0. The van der Waals surface area contributed by atoms with Crippen molar-refractivity contribution in [1.29, 1.82) is 5.26 Å². The molecule has 1 aromatic carbocycles. The highest BCUT2D eigenvalue weighted by Gasteiger charge is 2.26. The van der Waals surface area contributed by atoms with E-state index in [2.05, 4.69) is 16.0 Å². The average molecular weight is 430 g/mol. The topological polar surface area (TPSA) is 124 Å². The molecular formula is C22H31N5O4. The second-order valence-corrected chi connectivity index (χ2v) is 8.53. The van der Waals surface area contributed by atoms with Gasteiger partial charge in [-0.15, -0.1) is 0 Å². The number of benzene rings is 1. The van der Waals surface area contributed by atoms with Crippen LogP contribution < -0.4 is 16.0 Å².